The van der Waals surface area contributed by atoms with Crippen molar-refractivity contribution in [2.45, 2.75) is 6.92 Å². The van der Waals surface area contributed by atoms with Crippen molar-refractivity contribution >= 4 is 7.28 Å². The molecular weight excluding hydrogens is 139 g/mol. The van der Waals surface area contributed by atoms with E-state index in [1.54, 1.807) is 0 Å². The summed E-state index contributed by atoms with van der Waals surface area (Å²) in [6.45, 7) is 4.82. The fourth-order valence-electron chi connectivity index (χ4n) is 0.394. The summed E-state index contributed by atoms with van der Waals surface area (Å²) < 4.78 is 0. The molecule has 0 saturated heterocycles. The molecule has 0 spiro atoms. The van der Waals surface area contributed by atoms with Crippen LogP contribution in [0.4, 0.5) is 0 Å². The second-order valence-electron chi connectivity index (χ2n) is 2.13. The Morgan fingerprint density at radius 3 is 2.00 bits per heavy atom. The van der Waals surface area contributed by atoms with Crippen LogP contribution in [0.15, 0.2) is 12.7 Å². The first kappa shape index (κ1) is 9.05. The molecule has 0 unspecified atom stereocenters. The molecule has 0 aliphatic heterocycles. The van der Waals surface area contributed by atoms with Crippen molar-refractivity contribution in [1.82, 2.24) is 0 Å². The zero-order valence-corrected chi connectivity index (χ0v) is 6.38. The first-order valence-electron chi connectivity index (χ1n) is 2.76. The van der Waals surface area contributed by atoms with E-state index in [1.807, 2.05) is 0 Å². The summed E-state index contributed by atoms with van der Waals surface area (Å²) in [5, 5.41) is 0. The van der Waals surface area contributed by atoms with Crippen LogP contribution in [0, 0.1) is 0 Å². The molecule has 0 saturated carbocycles. The molecule has 0 heterocycles. The van der Waals surface area contributed by atoms with Gasteiger partial charge in [0, 0.05) is 0 Å². The summed E-state index contributed by atoms with van der Waals surface area (Å²) >= 11 is 0. The Kier molecular flexibility index (Phi) is 2.36. The van der Waals surface area contributed by atoms with Gasteiger partial charge in [-0.2, -0.15) is 0 Å². The van der Waals surface area contributed by atoms with Crippen LogP contribution in [-0.4, -0.2) is 27.0 Å². The Morgan fingerprint density at radius 2 is 1.89 bits per heavy atom. The van der Waals surface area contributed by atoms with Gasteiger partial charge in [-0.05, 0) is 0 Å². The Bertz CT molecular complexity index is 113. The third kappa shape index (κ3) is 3.60. The molecule has 0 atom stereocenters. The summed E-state index contributed by atoms with van der Waals surface area (Å²) in [7, 11) is -4.25. The molecule has 0 radical (unpaired) electrons. The van der Waals surface area contributed by atoms with E-state index in [0.717, 1.165) is 0 Å². The SMILES string of the molecule is C=CCP(O)(O)(O)CC. The van der Waals surface area contributed by atoms with Gasteiger partial charge in [0.15, 0.2) is 0 Å². The number of allylic oxidation sites excluding steroid dienone is 1. The van der Waals surface area contributed by atoms with Gasteiger partial charge >= 0.3 is 53.9 Å². The molecule has 56 valence electrons. The summed E-state index contributed by atoms with van der Waals surface area (Å²) in [5.74, 6) is 0. The first-order valence-corrected chi connectivity index (χ1v) is 5.22. The van der Waals surface area contributed by atoms with Crippen LogP contribution in [0.2, 0.25) is 0 Å². The molecule has 0 rings (SSSR count). The van der Waals surface area contributed by atoms with E-state index < -0.39 is 7.28 Å². The van der Waals surface area contributed by atoms with Crippen molar-refractivity contribution in [2.75, 3.05) is 12.3 Å². The van der Waals surface area contributed by atoms with Gasteiger partial charge in [0.05, 0.1) is 0 Å². The van der Waals surface area contributed by atoms with Crippen LogP contribution >= 0.6 is 7.28 Å². The van der Waals surface area contributed by atoms with Crippen LogP contribution in [0.5, 0.6) is 0 Å². The molecule has 9 heavy (non-hydrogen) atoms. The maximum atomic E-state index is 8.96. The Morgan fingerprint density at radius 1 is 1.44 bits per heavy atom. The predicted molar refractivity (Wildman–Crippen MR) is 39.2 cm³/mol. The molecular formula is C5H13O3P. The topological polar surface area (TPSA) is 60.7 Å². The van der Waals surface area contributed by atoms with Gasteiger partial charge in [0.25, 0.3) is 0 Å². The fraction of sp³-hybridized carbons (Fsp3) is 0.600. The third-order valence-corrected chi connectivity index (χ3v) is 3.45. The second-order valence-corrected chi connectivity index (χ2v) is 5.81. The number of hydrogen-bond acceptors (Lipinski definition) is 3. The average molecular weight is 152 g/mol. The van der Waals surface area contributed by atoms with Crippen molar-refractivity contribution in [3.8, 4) is 0 Å². The van der Waals surface area contributed by atoms with E-state index >= 15 is 0 Å². The summed E-state index contributed by atoms with van der Waals surface area (Å²) in [6.07, 6.45) is 1.20. The normalized spacial score (nSPS) is 16.2. The monoisotopic (exact) mass is 152 g/mol. The van der Waals surface area contributed by atoms with Crippen molar-refractivity contribution in [2.24, 2.45) is 0 Å². The Balaban J connectivity index is 4.11. The van der Waals surface area contributed by atoms with Gasteiger partial charge in [-0.1, -0.05) is 0 Å². The van der Waals surface area contributed by atoms with E-state index in [1.165, 1.54) is 13.0 Å². The average Bonchev–Trinajstić information content (AvgIpc) is 1.66. The van der Waals surface area contributed by atoms with Crippen molar-refractivity contribution in [1.29, 1.82) is 0 Å². The molecule has 0 aromatic rings. The Hall–Kier alpha value is 0.0500. The maximum absolute atomic E-state index is 8.96. The second kappa shape index (κ2) is 2.35. The van der Waals surface area contributed by atoms with Crippen LogP contribution in [0.25, 0.3) is 0 Å². The molecule has 0 fully saturated rings. The fourth-order valence-corrected chi connectivity index (χ4v) is 1.18. The zero-order valence-electron chi connectivity index (χ0n) is 5.49. The molecule has 0 aliphatic rings. The zero-order chi connectivity index (χ0) is 7.57. The van der Waals surface area contributed by atoms with Gasteiger partial charge in [-0.25, -0.2) is 0 Å². The van der Waals surface area contributed by atoms with Gasteiger partial charge in [-0.3, -0.25) is 0 Å². The van der Waals surface area contributed by atoms with Gasteiger partial charge in [0.2, 0.25) is 0 Å². The quantitative estimate of drug-likeness (QED) is 0.407. The van der Waals surface area contributed by atoms with Crippen LogP contribution in [0.1, 0.15) is 6.92 Å². The third-order valence-electron chi connectivity index (χ3n) is 1.15. The minimum absolute atomic E-state index is 0.00236. The molecule has 0 aromatic heterocycles. The number of hydrogen-bond donors (Lipinski definition) is 3. The predicted octanol–water partition coefficient (Wildman–Crippen LogP) is 0.467. The van der Waals surface area contributed by atoms with Gasteiger partial charge < -0.3 is 0 Å². The standard InChI is InChI=1S/C5H13O3P/c1-3-5-9(6,7,8)4-2/h3,6-8H,1,4-5H2,2H3. The molecule has 0 amide bonds. The molecule has 0 aromatic carbocycles. The van der Waals surface area contributed by atoms with Crippen molar-refractivity contribution < 1.29 is 14.7 Å². The first-order chi connectivity index (χ1) is 3.89. The summed E-state index contributed by atoms with van der Waals surface area (Å²) in [6, 6.07) is 0. The van der Waals surface area contributed by atoms with Crippen molar-refractivity contribution in [3.63, 3.8) is 0 Å². The van der Waals surface area contributed by atoms with E-state index in [0.29, 0.717) is 0 Å². The van der Waals surface area contributed by atoms with E-state index in [4.69, 9.17) is 14.7 Å². The molecule has 0 bridgehead atoms. The van der Waals surface area contributed by atoms with E-state index in [9.17, 15) is 0 Å². The minimum atomic E-state index is -4.25. The summed E-state index contributed by atoms with van der Waals surface area (Å²) in [4.78, 5) is 26.9. The molecule has 4 heteroatoms. The van der Waals surface area contributed by atoms with E-state index in [-0.39, 0.29) is 12.3 Å². The Labute approximate surface area is 54.8 Å². The molecule has 3 N–H and O–H groups in total. The van der Waals surface area contributed by atoms with Crippen LogP contribution in [-0.2, 0) is 0 Å². The number of rotatable bonds is 3. The van der Waals surface area contributed by atoms with Gasteiger partial charge in [-0.15, -0.1) is 0 Å². The van der Waals surface area contributed by atoms with Crippen LogP contribution < -0.4 is 0 Å². The van der Waals surface area contributed by atoms with Crippen LogP contribution in [0.3, 0.4) is 0 Å². The molecule has 0 aliphatic carbocycles. The summed E-state index contributed by atoms with van der Waals surface area (Å²) in [5.41, 5.74) is 0. The molecule has 3 nitrogen and oxygen atoms in total. The van der Waals surface area contributed by atoms with Gasteiger partial charge in [0.1, 0.15) is 0 Å². The van der Waals surface area contributed by atoms with E-state index in [2.05, 4.69) is 6.58 Å². The van der Waals surface area contributed by atoms with Crippen molar-refractivity contribution in [3.05, 3.63) is 12.7 Å².